The van der Waals surface area contributed by atoms with E-state index in [1.165, 1.54) is 0 Å². The zero-order valence-electron chi connectivity index (χ0n) is 13.1. The molecule has 0 aliphatic carbocycles. The van der Waals surface area contributed by atoms with Gasteiger partial charge in [-0.1, -0.05) is 30.3 Å². The molecular formula is C16H18N2O6. The lowest BCUT2D eigenvalue weighted by Crippen LogP contribution is -2.67. The van der Waals surface area contributed by atoms with Gasteiger partial charge in [-0.15, -0.1) is 0 Å². The molecule has 1 saturated heterocycles. The maximum atomic E-state index is 12.7. The van der Waals surface area contributed by atoms with E-state index in [4.69, 9.17) is 0 Å². The standard InChI is InChI=1S/C16H18N2O6/c1-16(15(22)23)12(19)7-8-13(20)18(16)14(21)11(17-24)9-10-5-3-2-4-6-10/h2-6,11,17,24H,7-9H2,1H3,(H,22,23)/t11-,16+/m0/s1. The third-order valence-corrected chi connectivity index (χ3v) is 4.18. The Bertz CT molecular complexity index is 674. The second-order valence-corrected chi connectivity index (χ2v) is 5.74. The van der Waals surface area contributed by atoms with E-state index in [-0.39, 0.29) is 19.3 Å². The van der Waals surface area contributed by atoms with Gasteiger partial charge in [0.05, 0.1) is 0 Å². The van der Waals surface area contributed by atoms with E-state index in [9.17, 15) is 29.5 Å². The van der Waals surface area contributed by atoms with E-state index in [0.717, 1.165) is 6.92 Å². The molecule has 1 fully saturated rings. The Morgan fingerprint density at radius 2 is 1.88 bits per heavy atom. The number of imide groups is 1. The van der Waals surface area contributed by atoms with Crippen molar-refractivity contribution in [3.63, 3.8) is 0 Å². The summed E-state index contributed by atoms with van der Waals surface area (Å²) in [5.74, 6) is -4.01. The van der Waals surface area contributed by atoms with Gasteiger partial charge in [0.1, 0.15) is 6.04 Å². The first-order valence-corrected chi connectivity index (χ1v) is 7.39. The molecule has 1 heterocycles. The lowest BCUT2D eigenvalue weighted by atomic mass is 9.85. The zero-order valence-corrected chi connectivity index (χ0v) is 13.1. The lowest BCUT2D eigenvalue weighted by molar-refractivity contribution is -0.174. The Kier molecular flexibility index (Phi) is 5.10. The number of ketones is 1. The average molecular weight is 334 g/mol. The Morgan fingerprint density at radius 3 is 2.42 bits per heavy atom. The molecule has 24 heavy (non-hydrogen) atoms. The quantitative estimate of drug-likeness (QED) is 0.517. The molecule has 8 heteroatoms. The highest BCUT2D eigenvalue weighted by atomic mass is 16.5. The second kappa shape index (κ2) is 6.90. The molecule has 0 bridgehead atoms. The highest BCUT2D eigenvalue weighted by Crippen LogP contribution is 2.27. The summed E-state index contributed by atoms with van der Waals surface area (Å²) >= 11 is 0. The first-order chi connectivity index (χ1) is 11.3. The summed E-state index contributed by atoms with van der Waals surface area (Å²) in [6.07, 6.45) is -0.442. The molecular weight excluding hydrogens is 316 g/mol. The first kappa shape index (κ1) is 17.8. The molecule has 128 valence electrons. The van der Waals surface area contributed by atoms with Crippen LogP contribution >= 0.6 is 0 Å². The monoisotopic (exact) mass is 334 g/mol. The zero-order chi connectivity index (χ0) is 17.9. The number of nitrogens with one attached hydrogen (secondary N) is 1. The number of aliphatic carboxylic acids is 1. The van der Waals surface area contributed by atoms with Crippen LogP contribution < -0.4 is 5.48 Å². The maximum absolute atomic E-state index is 12.7. The van der Waals surface area contributed by atoms with E-state index < -0.39 is 35.1 Å². The summed E-state index contributed by atoms with van der Waals surface area (Å²) in [5, 5.41) is 18.7. The third kappa shape index (κ3) is 3.06. The number of carboxylic acid groups (broad SMARTS) is 1. The average Bonchev–Trinajstić information content (AvgIpc) is 2.57. The number of carboxylic acids is 1. The van der Waals surface area contributed by atoms with Crippen molar-refractivity contribution in [3.8, 4) is 0 Å². The largest absolute Gasteiger partial charge is 0.479 e. The fourth-order valence-corrected chi connectivity index (χ4v) is 2.70. The maximum Gasteiger partial charge on any atom is 0.337 e. The van der Waals surface area contributed by atoms with Crippen LogP contribution in [0.2, 0.25) is 0 Å². The van der Waals surface area contributed by atoms with Gasteiger partial charge >= 0.3 is 5.97 Å². The minimum Gasteiger partial charge on any atom is -0.479 e. The van der Waals surface area contributed by atoms with Crippen molar-refractivity contribution in [1.82, 2.24) is 10.4 Å². The van der Waals surface area contributed by atoms with Crippen molar-refractivity contribution in [2.24, 2.45) is 0 Å². The minimum atomic E-state index is -2.27. The SMILES string of the molecule is C[C@]1(C(=O)O)C(=O)CCC(=O)N1C(=O)[C@H](Cc1ccccc1)NO. The number of benzene rings is 1. The molecule has 1 aromatic rings. The summed E-state index contributed by atoms with van der Waals surface area (Å²) in [6.45, 7) is 1.03. The molecule has 1 aromatic carbocycles. The van der Waals surface area contributed by atoms with Crippen molar-refractivity contribution in [3.05, 3.63) is 35.9 Å². The van der Waals surface area contributed by atoms with Crippen LogP contribution in [0.25, 0.3) is 0 Å². The molecule has 0 unspecified atom stereocenters. The summed E-state index contributed by atoms with van der Waals surface area (Å²) in [4.78, 5) is 48.9. The number of piperidine rings is 1. The number of amides is 2. The van der Waals surface area contributed by atoms with Gasteiger partial charge < -0.3 is 10.3 Å². The van der Waals surface area contributed by atoms with Gasteiger partial charge in [-0.25, -0.2) is 4.79 Å². The molecule has 2 rings (SSSR count). The van der Waals surface area contributed by atoms with Crippen molar-refractivity contribution >= 4 is 23.6 Å². The summed E-state index contributed by atoms with van der Waals surface area (Å²) in [6, 6.07) is 7.45. The number of carbonyl (C=O) groups excluding carboxylic acids is 3. The second-order valence-electron chi connectivity index (χ2n) is 5.74. The fourth-order valence-electron chi connectivity index (χ4n) is 2.70. The van der Waals surface area contributed by atoms with Crippen LogP contribution in [0.3, 0.4) is 0 Å². The van der Waals surface area contributed by atoms with E-state index in [0.29, 0.717) is 10.5 Å². The van der Waals surface area contributed by atoms with Gasteiger partial charge in [-0.3, -0.25) is 19.3 Å². The normalized spacial score (nSPS) is 22.3. The van der Waals surface area contributed by atoms with Crippen LogP contribution in [0.5, 0.6) is 0 Å². The van der Waals surface area contributed by atoms with Crippen LogP contribution in [0.1, 0.15) is 25.3 Å². The third-order valence-electron chi connectivity index (χ3n) is 4.18. The summed E-state index contributed by atoms with van der Waals surface area (Å²) in [7, 11) is 0. The van der Waals surface area contributed by atoms with Gasteiger partial charge in [0.25, 0.3) is 0 Å². The van der Waals surface area contributed by atoms with Crippen LogP contribution in [-0.4, -0.2) is 50.4 Å². The molecule has 0 radical (unpaired) electrons. The smallest absolute Gasteiger partial charge is 0.337 e. The molecule has 0 aromatic heterocycles. The highest BCUT2D eigenvalue weighted by molar-refractivity contribution is 6.18. The summed E-state index contributed by atoms with van der Waals surface area (Å²) < 4.78 is 0. The van der Waals surface area contributed by atoms with Gasteiger partial charge in [-0.2, -0.15) is 5.48 Å². The number of hydrogen-bond acceptors (Lipinski definition) is 6. The van der Waals surface area contributed by atoms with Gasteiger partial charge in [0.2, 0.25) is 17.4 Å². The van der Waals surface area contributed by atoms with Gasteiger partial charge in [-0.05, 0) is 18.9 Å². The molecule has 3 N–H and O–H groups in total. The van der Waals surface area contributed by atoms with Crippen molar-refractivity contribution in [2.75, 3.05) is 0 Å². The van der Waals surface area contributed by atoms with Crippen molar-refractivity contribution in [1.29, 1.82) is 0 Å². The Labute approximate surface area is 138 Å². The van der Waals surface area contributed by atoms with E-state index in [1.807, 2.05) is 5.48 Å². The lowest BCUT2D eigenvalue weighted by Gasteiger charge is -2.39. The van der Waals surface area contributed by atoms with Crippen molar-refractivity contribution in [2.45, 2.75) is 37.8 Å². The molecule has 1 aliphatic heterocycles. The number of carbonyl (C=O) groups is 4. The van der Waals surface area contributed by atoms with Crippen molar-refractivity contribution < 1.29 is 29.5 Å². The predicted octanol–water partition coefficient (Wildman–Crippen LogP) is 0.138. The molecule has 2 amide bonds. The Balaban J connectivity index is 2.34. The fraction of sp³-hybridized carbons (Fsp3) is 0.375. The molecule has 0 spiro atoms. The molecule has 2 atom stereocenters. The van der Waals surface area contributed by atoms with E-state index in [2.05, 4.69) is 0 Å². The van der Waals surface area contributed by atoms with Crippen LogP contribution in [0.4, 0.5) is 0 Å². The predicted molar refractivity (Wildman–Crippen MR) is 81.0 cm³/mol. The number of hydrogen-bond donors (Lipinski definition) is 3. The molecule has 8 nitrogen and oxygen atoms in total. The number of nitrogens with zero attached hydrogens (tertiary/aromatic N) is 1. The van der Waals surface area contributed by atoms with Crippen LogP contribution in [0.15, 0.2) is 30.3 Å². The number of hydroxylamine groups is 1. The number of Topliss-reactive ketones (excluding diaryl/α,β-unsaturated/α-hetero) is 1. The highest BCUT2D eigenvalue weighted by Gasteiger charge is 2.55. The van der Waals surface area contributed by atoms with Gasteiger partial charge in [0, 0.05) is 12.8 Å². The Morgan fingerprint density at radius 1 is 1.25 bits per heavy atom. The minimum absolute atomic E-state index is 0.0316. The first-order valence-electron chi connectivity index (χ1n) is 7.39. The van der Waals surface area contributed by atoms with Gasteiger partial charge in [0.15, 0.2) is 5.78 Å². The van der Waals surface area contributed by atoms with Crippen LogP contribution in [-0.2, 0) is 25.6 Å². The van der Waals surface area contributed by atoms with Crippen LogP contribution in [0, 0.1) is 0 Å². The number of rotatable bonds is 5. The Hall–Kier alpha value is -2.58. The summed E-state index contributed by atoms with van der Waals surface area (Å²) in [5.41, 5.74) is 0.246. The van der Waals surface area contributed by atoms with E-state index in [1.54, 1.807) is 30.3 Å². The molecule has 1 aliphatic rings. The molecule has 0 saturated carbocycles. The topological polar surface area (TPSA) is 124 Å². The number of likely N-dealkylation sites (tertiary alicyclic amines) is 1. The van der Waals surface area contributed by atoms with E-state index >= 15 is 0 Å².